The third kappa shape index (κ3) is 3.89. The molecule has 0 aliphatic carbocycles. The zero-order valence-corrected chi connectivity index (χ0v) is 16.8. The molecular weight excluding hydrogens is 364 g/mol. The zero-order valence-electron chi connectivity index (χ0n) is 15.9. The second-order valence-corrected chi connectivity index (χ2v) is 7.30. The van der Waals surface area contributed by atoms with Crippen molar-refractivity contribution in [1.82, 2.24) is 9.78 Å². The number of benzene rings is 3. The summed E-state index contributed by atoms with van der Waals surface area (Å²) in [6.45, 7) is 4.89. The maximum Gasteiger partial charge on any atom is 0.175 e. The van der Waals surface area contributed by atoms with Gasteiger partial charge >= 0.3 is 0 Å². The number of thiocarbonyl (C=S) groups is 1. The Morgan fingerprint density at radius 3 is 2.64 bits per heavy atom. The molecule has 4 nitrogen and oxygen atoms in total. The average molecular weight is 387 g/mol. The number of aromatic nitrogens is 2. The van der Waals surface area contributed by atoms with Gasteiger partial charge in [-0.3, -0.25) is 4.68 Å². The van der Waals surface area contributed by atoms with E-state index in [0.717, 1.165) is 11.4 Å². The fourth-order valence-corrected chi connectivity index (χ4v) is 3.52. The molecule has 0 atom stereocenters. The monoisotopic (exact) mass is 386 g/mol. The van der Waals surface area contributed by atoms with E-state index in [0.29, 0.717) is 11.7 Å². The van der Waals surface area contributed by atoms with Crippen molar-refractivity contribution in [3.8, 4) is 0 Å². The average Bonchev–Trinajstić information content (AvgIpc) is 3.12. The maximum absolute atomic E-state index is 5.46. The van der Waals surface area contributed by atoms with E-state index in [1.165, 1.54) is 27.5 Å². The van der Waals surface area contributed by atoms with E-state index in [4.69, 9.17) is 12.2 Å². The van der Waals surface area contributed by atoms with Crippen LogP contribution in [0.15, 0.2) is 73.1 Å². The molecule has 0 saturated carbocycles. The fraction of sp³-hybridized carbons (Fsp3) is 0.130. The minimum absolute atomic E-state index is 0.554. The molecule has 0 aliphatic rings. The van der Waals surface area contributed by atoms with Crippen LogP contribution >= 0.6 is 12.2 Å². The number of nitrogens with zero attached hydrogens (tertiary/aromatic N) is 2. The summed E-state index contributed by atoms with van der Waals surface area (Å²) in [5, 5.41) is 14.0. The van der Waals surface area contributed by atoms with Crippen LogP contribution in [-0.4, -0.2) is 14.9 Å². The van der Waals surface area contributed by atoms with Crippen molar-refractivity contribution >= 4 is 39.5 Å². The summed E-state index contributed by atoms with van der Waals surface area (Å²) in [6, 6.07) is 20.9. The molecule has 0 spiro atoms. The summed E-state index contributed by atoms with van der Waals surface area (Å²) in [5.74, 6) is 0. The highest BCUT2D eigenvalue weighted by Gasteiger charge is 2.06. The molecule has 0 aliphatic heterocycles. The summed E-state index contributed by atoms with van der Waals surface area (Å²) < 4.78 is 1.92. The Balaban J connectivity index is 1.45. The number of rotatable bonds is 4. The first-order valence-electron chi connectivity index (χ1n) is 9.23. The minimum Gasteiger partial charge on any atom is -0.332 e. The first kappa shape index (κ1) is 18.2. The molecule has 1 aromatic heterocycles. The number of hydrogen-bond acceptors (Lipinski definition) is 2. The van der Waals surface area contributed by atoms with Gasteiger partial charge in [-0.05, 0) is 59.6 Å². The first-order valence-corrected chi connectivity index (χ1v) is 9.64. The summed E-state index contributed by atoms with van der Waals surface area (Å²) in [7, 11) is 0. The van der Waals surface area contributed by atoms with Gasteiger partial charge in [0.1, 0.15) is 0 Å². The third-order valence-corrected chi connectivity index (χ3v) is 5.16. The van der Waals surface area contributed by atoms with Crippen LogP contribution in [0.3, 0.4) is 0 Å². The van der Waals surface area contributed by atoms with Crippen LogP contribution in [0.4, 0.5) is 11.4 Å². The molecule has 5 heteroatoms. The molecule has 2 N–H and O–H groups in total. The Morgan fingerprint density at radius 1 is 0.964 bits per heavy atom. The van der Waals surface area contributed by atoms with Crippen LogP contribution in [0.1, 0.15) is 16.7 Å². The topological polar surface area (TPSA) is 41.9 Å². The lowest BCUT2D eigenvalue weighted by atomic mass is 10.0. The van der Waals surface area contributed by atoms with Gasteiger partial charge in [0.2, 0.25) is 0 Å². The number of hydrogen-bond donors (Lipinski definition) is 2. The van der Waals surface area contributed by atoms with E-state index in [1.807, 2.05) is 23.0 Å². The molecule has 0 unspecified atom stereocenters. The molecule has 4 rings (SSSR count). The number of anilines is 2. The third-order valence-electron chi connectivity index (χ3n) is 4.96. The second-order valence-electron chi connectivity index (χ2n) is 6.89. The molecule has 140 valence electrons. The quantitative estimate of drug-likeness (QED) is 0.454. The van der Waals surface area contributed by atoms with E-state index in [9.17, 15) is 0 Å². The van der Waals surface area contributed by atoms with Crippen molar-refractivity contribution in [3.63, 3.8) is 0 Å². The Kier molecular flexibility index (Phi) is 5.08. The van der Waals surface area contributed by atoms with E-state index in [2.05, 4.69) is 78.1 Å². The molecule has 0 fully saturated rings. The highest BCUT2D eigenvalue weighted by atomic mass is 32.1. The van der Waals surface area contributed by atoms with Gasteiger partial charge < -0.3 is 10.6 Å². The molecule has 0 amide bonds. The van der Waals surface area contributed by atoms with Crippen LogP contribution < -0.4 is 10.6 Å². The van der Waals surface area contributed by atoms with Crippen molar-refractivity contribution in [1.29, 1.82) is 0 Å². The second kappa shape index (κ2) is 7.82. The lowest BCUT2D eigenvalue weighted by Gasteiger charge is -2.12. The van der Waals surface area contributed by atoms with Crippen molar-refractivity contribution in [2.75, 3.05) is 10.6 Å². The van der Waals surface area contributed by atoms with Gasteiger partial charge in [-0.15, -0.1) is 0 Å². The Labute approximate surface area is 170 Å². The normalized spacial score (nSPS) is 10.8. The predicted octanol–water partition coefficient (Wildman–Crippen LogP) is 5.51. The first-order chi connectivity index (χ1) is 13.6. The van der Waals surface area contributed by atoms with Gasteiger partial charge in [0.25, 0.3) is 0 Å². The van der Waals surface area contributed by atoms with E-state index in [-0.39, 0.29) is 0 Å². The van der Waals surface area contributed by atoms with Crippen LogP contribution in [0, 0.1) is 13.8 Å². The fourth-order valence-electron chi connectivity index (χ4n) is 3.29. The minimum atomic E-state index is 0.554. The van der Waals surface area contributed by atoms with Gasteiger partial charge in [0, 0.05) is 11.9 Å². The van der Waals surface area contributed by atoms with Crippen molar-refractivity contribution < 1.29 is 0 Å². The standard InChI is InChI=1S/C23H22N4S/c1-16-7-5-12-22(17(16)2)26-23(28)25-20-13-24-27(15-20)14-19-10-6-9-18-8-3-4-11-21(18)19/h3-13,15H,14H2,1-2H3,(H2,25,26,28). The molecule has 28 heavy (non-hydrogen) atoms. The molecule has 0 bridgehead atoms. The molecule has 0 radical (unpaired) electrons. The lowest BCUT2D eigenvalue weighted by molar-refractivity contribution is 0.690. The number of nitrogens with one attached hydrogen (secondary N) is 2. The van der Waals surface area contributed by atoms with Crippen LogP contribution in [-0.2, 0) is 6.54 Å². The maximum atomic E-state index is 5.46. The molecule has 1 heterocycles. The summed E-state index contributed by atoms with van der Waals surface area (Å²) >= 11 is 5.46. The smallest absolute Gasteiger partial charge is 0.175 e. The lowest BCUT2D eigenvalue weighted by Crippen LogP contribution is -2.19. The largest absolute Gasteiger partial charge is 0.332 e. The van der Waals surface area contributed by atoms with E-state index < -0.39 is 0 Å². The summed E-state index contributed by atoms with van der Waals surface area (Å²) in [6.07, 6.45) is 3.76. The summed E-state index contributed by atoms with van der Waals surface area (Å²) in [4.78, 5) is 0. The van der Waals surface area contributed by atoms with Crippen molar-refractivity contribution in [2.24, 2.45) is 0 Å². The van der Waals surface area contributed by atoms with E-state index >= 15 is 0 Å². The SMILES string of the molecule is Cc1cccc(NC(=S)Nc2cnn(Cc3cccc4ccccc34)c2)c1C. The highest BCUT2D eigenvalue weighted by Crippen LogP contribution is 2.20. The van der Waals surface area contributed by atoms with Gasteiger partial charge in [0.15, 0.2) is 5.11 Å². The highest BCUT2D eigenvalue weighted by molar-refractivity contribution is 7.80. The Bertz CT molecular complexity index is 1140. The summed E-state index contributed by atoms with van der Waals surface area (Å²) in [5.41, 5.74) is 5.54. The molecule has 0 saturated heterocycles. The molecule has 3 aromatic carbocycles. The van der Waals surface area contributed by atoms with Gasteiger partial charge in [-0.1, -0.05) is 54.6 Å². The van der Waals surface area contributed by atoms with E-state index in [1.54, 1.807) is 6.20 Å². The van der Waals surface area contributed by atoms with Crippen LogP contribution in [0.5, 0.6) is 0 Å². The molecule has 4 aromatic rings. The van der Waals surface area contributed by atoms with Crippen LogP contribution in [0.25, 0.3) is 10.8 Å². The van der Waals surface area contributed by atoms with Crippen LogP contribution in [0.2, 0.25) is 0 Å². The number of aryl methyl sites for hydroxylation is 1. The van der Waals surface area contributed by atoms with Gasteiger partial charge in [0.05, 0.1) is 18.4 Å². The van der Waals surface area contributed by atoms with Gasteiger partial charge in [-0.2, -0.15) is 5.10 Å². The zero-order chi connectivity index (χ0) is 19.5. The van der Waals surface area contributed by atoms with Gasteiger partial charge in [-0.25, -0.2) is 0 Å². The predicted molar refractivity (Wildman–Crippen MR) is 121 cm³/mol. The van der Waals surface area contributed by atoms with Crippen molar-refractivity contribution in [3.05, 3.63) is 89.7 Å². The molecular formula is C23H22N4S. The Hall–Kier alpha value is -3.18. The Morgan fingerprint density at radius 2 is 1.75 bits per heavy atom. The van der Waals surface area contributed by atoms with Crippen molar-refractivity contribution in [2.45, 2.75) is 20.4 Å². The number of fused-ring (bicyclic) bond motifs is 1.